The predicted molar refractivity (Wildman–Crippen MR) is 103 cm³/mol. The molecule has 0 atom stereocenters. The molecule has 3 rings (SSSR count). The van der Waals surface area contributed by atoms with Crippen LogP contribution < -0.4 is 5.32 Å². The van der Waals surface area contributed by atoms with Crippen molar-refractivity contribution in [2.75, 3.05) is 20.3 Å². The number of hydrogen-bond acceptors (Lipinski definition) is 3. The van der Waals surface area contributed by atoms with E-state index in [0.717, 1.165) is 36.2 Å². The first-order valence-electron chi connectivity index (χ1n) is 8.92. The molecule has 0 aliphatic heterocycles. The second kappa shape index (κ2) is 8.63. The number of nitrogens with one attached hydrogen (secondary N) is 1. The molecule has 0 aliphatic rings. The van der Waals surface area contributed by atoms with Crippen LogP contribution in [0.25, 0.3) is 11.0 Å². The van der Waals surface area contributed by atoms with Gasteiger partial charge in [-0.25, -0.2) is 4.98 Å². The fraction of sp³-hybridized carbons (Fsp3) is 0.333. The second-order valence-electron chi connectivity index (χ2n) is 6.48. The van der Waals surface area contributed by atoms with Crippen molar-refractivity contribution in [2.45, 2.75) is 26.3 Å². The minimum atomic E-state index is -0.0826. The van der Waals surface area contributed by atoms with Gasteiger partial charge in [0.25, 0.3) is 0 Å². The van der Waals surface area contributed by atoms with E-state index in [0.29, 0.717) is 6.54 Å². The quantitative estimate of drug-likeness (QED) is 0.635. The topological polar surface area (TPSA) is 56.1 Å². The number of para-hydroxylation sites is 2. The molecule has 26 heavy (non-hydrogen) atoms. The van der Waals surface area contributed by atoms with Crippen LogP contribution in [-0.4, -0.2) is 35.7 Å². The smallest absolute Gasteiger partial charge is 0.245 e. The molecule has 0 saturated heterocycles. The summed E-state index contributed by atoms with van der Waals surface area (Å²) in [5.41, 5.74) is 4.68. The molecule has 5 heteroatoms. The van der Waals surface area contributed by atoms with E-state index in [1.54, 1.807) is 0 Å². The van der Waals surface area contributed by atoms with Crippen LogP contribution in [0.3, 0.4) is 0 Å². The van der Waals surface area contributed by atoms with E-state index in [1.807, 2.05) is 18.2 Å². The molecular formula is C21H25N3O2. The molecule has 136 valence electrons. The number of nitrogens with zero attached hydrogens (tertiary/aromatic N) is 2. The van der Waals surface area contributed by atoms with Gasteiger partial charge in [0.2, 0.25) is 5.91 Å². The molecule has 5 nitrogen and oxygen atoms in total. The fourth-order valence-electron chi connectivity index (χ4n) is 3.14. The number of carbonyl (C=O) groups excluding carboxylic acids is 1. The Labute approximate surface area is 154 Å². The standard InChI is InChI=1S/C21H25N3O2/c1-16-7-5-8-17(13-16)14-24-19-10-4-3-9-18(19)23-20(24)11-6-12-22-21(25)15-26-2/h3-5,7-10,13H,6,11-12,14-15H2,1-2H3,(H,22,25). The number of hydrogen-bond donors (Lipinski definition) is 1. The van der Waals surface area contributed by atoms with Gasteiger partial charge >= 0.3 is 0 Å². The zero-order valence-electron chi connectivity index (χ0n) is 15.4. The number of rotatable bonds is 8. The maximum atomic E-state index is 11.5. The monoisotopic (exact) mass is 351 g/mol. The van der Waals surface area contributed by atoms with Gasteiger partial charge in [0, 0.05) is 26.6 Å². The zero-order valence-corrected chi connectivity index (χ0v) is 15.4. The average molecular weight is 351 g/mol. The van der Waals surface area contributed by atoms with Crippen LogP contribution in [0, 0.1) is 6.92 Å². The lowest BCUT2D eigenvalue weighted by molar-refractivity contribution is -0.124. The van der Waals surface area contributed by atoms with Crippen LogP contribution in [-0.2, 0) is 22.5 Å². The largest absolute Gasteiger partial charge is 0.375 e. The number of imidazole rings is 1. The molecule has 0 unspecified atom stereocenters. The minimum absolute atomic E-state index is 0.0826. The lowest BCUT2D eigenvalue weighted by Crippen LogP contribution is -2.28. The second-order valence-corrected chi connectivity index (χ2v) is 6.48. The molecule has 0 saturated carbocycles. The molecule has 0 spiro atoms. The highest BCUT2D eigenvalue weighted by Gasteiger charge is 2.11. The van der Waals surface area contributed by atoms with E-state index < -0.39 is 0 Å². The van der Waals surface area contributed by atoms with Crippen LogP contribution in [0.1, 0.15) is 23.4 Å². The number of carbonyl (C=O) groups is 1. The van der Waals surface area contributed by atoms with Crippen molar-refractivity contribution in [3.63, 3.8) is 0 Å². The highest BCUT2D eigenvalue weighted by molar-refractivity contribution is 5.77. The average Bonchev–Trinajstić information content (AvgIpc) is 2.97. The van der Waals surface area contributed by atoms with E-state index in [2.05, 4.69) is 47.1 Å². The molecule has 1 N–H and O–H groups in total. The Morgan fingerprint density at radius 2 is 2.04 bits per heavy atom. The molecule has 0 radical (unpaired) electrons. The van der Waals surface area contributed by atoms with Crippen LogP contribution in [0.4, 0.5) is 0 Å². The SMILES string of the molecule is COCC(=O)NCCCc1nc2ccccc2n1Cc1cccc(C)c1. The Morgan fingerprint density at radius 3 is 2.85 bits per heavy atom. The van der Waals surface area contributed by atoms with Gasteiger partial charge in [-0.15, -0.1) is 0 Å². The number of aryl methyl sites for hydroxylation is 2. The Bertz CT molecular complexity index is 886. The van der Waals surface area contributed by atoms with Crippen molar-refractivity contribution in [3.05, 3.63) is 65.5 Å². The number of methoxy groups -OCH3 is 1. The molecule has 1 aromatic heterocycles. The number of benzene rings is 2. The maximum absolute atomic E-state index is 11.5. The maximum Gasteiger partial charge on any atom is 0.245 e. The van der Waals surface area contributed by atoms with Crippen LogP contribution in [0.5, 0.6) is 0 Å². The number of aromatic nitrogens is 2. The van der Waals surface area contributed by atoms with Gasteiger partial charge < -0.3 is 14.6 Å². The van der Waals surface area contributed by atoms with E-state index in [1.165, 1.54) is 18.2 Å². The van der Waals surface area contributed by atoms with Crippen LogP contribution >= 0.6 is 0 Å². The third-order valence-electron chi connectivity index (χ3n) is 4.33. The van der Waals surface area contributed by atoms with E-state index in [9.17, 15) is 4.79 Å². The lowest BCUT2D eigenvalue weighted by Gasteiger charge is -2.10. The van der Waals surface area contributed by atoms with Gasteiger partial charge in [0.1, 0.15) is 12.4 Å². The lowest BCUT2D eigenvalue weighted by atomic mass is 10.1. The van der Waals surface area contributed by atoms with Gasteiger partial charge in [-0.05, 0) is 31.0 Å². The predicted octanol–water partition coefficient (Wildman–Crippen LogP) is 3.09. The summed E-state index contributed by atoms with van der Waals surface area (Å²) in [5, 5.41) is 2.86. The number of amides is 1. The molecule has 2 aromatic carbocycles. The summed E-state index contributed by atoms with van der Waals surface area (Å²) in [4.78, 5) is 16.3. The molecule has 1 heterocycles. The molecule has 1 amide bonds. The first-order valence-corrected chi connectivity index (χ1v) is 8.92. The van der Waals surface area contributed by atoms with Crippen molar-refractivity contribution >= 4 is 16.9 Å². The van der Waals surface area contributed by atoms with Gasteiger partial charge in [-0.1, -0.05) is 42.0 Å². The first-order chi connectivity index (χ1) is 12.7. The Balaban J connectivity index is 1.75. The normalized spacial score (nSPS) is 11.0. The molecule has 0 aliphatic carbocycles. The third kappa shape index (κ3) is 4.49. The molecule has 0 fully saturated rings. The summed E-state index contributed by atoms with van der Waals surface area (Å²) in [6, 6.07) is 16.8. The summed E-state index contributed by atoms with van der Waals surface area (Å²) in [5.74, 6) is 0.967. The Hall–Kier alpha value is -2.66. The number of fused-ring (bicyclic) bond motifs is 1. The van der Waals surface area contributed by atoms with E-state index in [4.69, 9.17) is 9.72 Å². The molecule has 3 aromatic rings. The van der Waals surface area contributed by atoms with Crippen molar-refractivity contribution in [2.24, 2.45) is 0 Å². The summed E-state index contributed by atoms with van der Waals surface area (Å²) >= 11 is 0. The summed E-state index contributed by atoms with van der Waals surface area (Å²) < 4.78 is 7.10. The number of ether oxygens (including phenoxy) is 1. The first kappa shape index (κ1) is 18.1. The van der Waals surface area contributed by atoms with Crippen molar-refractivity contribution in [1.82, 2.24) is 14.9 Å². The fourth-order valence-corrected chi connectivity index (χ4v) is 3.14. The summed E-state index contributed by atoms with van der Waals surface area (Å²) in [7, 11) is 1.52. The highest BCUT2D eigenvalue weighted by Crippen LogP contribution is 2.19. The Kier molecular flexibility index (Phi) is 6.02. The van der Waals surface area contributed by atoms with Crippen LogP contribution in [0.2, 0.25) is 0 Å². The van der Waals surface area contributed by atoms with Crippen molar-refractivity contribution < 1.29 is 9.53 Å². The van der Waals surface area contributed by atoms with Crippen LogP contribution in [0.15, 0.2) is 48.5 Å². The van der Waals surface area contributed by atoms with Gasteiger partial charge in [0.05, 0.1) is 11.0 Å². The Morgan fingerprint density at radius 1 is 1.19 bits per heavy atom. The van der Waals surface area contributed by atoms with Gasteiger partial charge in [-0.2, -0.15) is 0 Å². The van der Waals surface area contributed by atoms with Crippen molar-refractivity contribution in [3.8, 4) is 0 Å². The molecule has 0 bridgehead atoms. The van der Waals surface area contributed by atoms with Gasteiger partial charge in [0.15, 0.2) is 0 Å². The third-order valence-corrected chi connectivity index (χ3v) is 4.33. The van der Waals surface area contributed by atoms with Gasteiger partial charge in [-0.3, -0.25) is 4.79 Å². The summed E-state index contributed by atoms with van der Waals surface area (Å²) in [6.07, 6.45) is 1.65. The molecular weight excluding hydrogens is 326 g/mol. The zero-order chi connectivity index (χ0) is 18.4. The van der Waals surface area contributed by atoms with Crippen molar-refractivity contribution in [1.29, 1.82) is 0 Å². The minimum Gasteiger partial charge on any atom is -0.375 e. The highest BCUT2D eigenvalue weighted by atomic mass is 16.5. The summed E-state index contributed by atoms with van der Waals surface area (Å²) in [6.45, 7) is 3.63. The van der Waals surface area contributed by atoms with E-state index >= 15 is 0 Å². The van der Waals surface area contributed by atoms with E-state index in [-0.39, 0.29) is 12.5 Å².